The van der Waals surface area contributed by atoms with Crippen LogP contribution in [-0.4, -0.2) is 71.1 Å². The van der Waals surface area contributed by atoms with Gasteiger partial charge in [0.2, 0.25) is 0 Å². The summed E-state index contributed by atoms with van der Waals surface area (Å²) in [5.41, 5.74) is 0.538. The van der Waals surface area contributed by atoms with E-state index in [-0.39, 0.29) is 11.4 Å². The van der Waals surface area contributed by atoms with Gasteiger partial charge in [0.15, 0.2) is 0 Å². The quantitative estimate of drug-likeness (QED) is 0.819. The van der Waals surface area contributed by atoms with Gasteiger partial charge in [-0.1, -0.05) is 12.8 Å². The number of nitrogens with zero attached hydrogens (tertiary/aromatic N) is 4. The maximum Gasteiger partial charge on any atom is 0.272 e. The third-order valence-electron chi connectivity index (χ3n) is 5.53. The summed E-state index contributed by atoms with van der Waals surface area (Å²) in [7, 11) is 1.73. The molecule has 1 aromatic heterocycles. The molecule has 0 aromatic carbocycles. The highest BCUT2D eigenvalue weighted by Crippen LogP contribution is 2.31. The zero-order chi connectivity index (χ0) is 17.9. The molecule has 6 nitrogen and oxygen atoms in total. The first-order valence-corrected chi connectivity index (χ1v) is 9.37. The Hall–Kier alpha value is -1.53. The predicted molar refractivity (Wildman–Crippen MR) is 96.7 cm³/mol. The maximum atomic E-state index is 12.8. The summed E-state index contributed by atoms with van der Waals surface area (Å²) in [4.78, 5) is 26.2. The molecule has 0 atom stereocenters. The number of hydrogen-bond donors (Lipinski definition) is 0. The molecule has 1 aliphatic heterocycles. The fourth-order valence-electron chi connectivity index (χ4n) is 3.99. The molecule has 2 fully saturated rings. The molecule has 0 spiro atoms. The van der Waals surface area contributed by atoms with Crippen molar-refractivity contribution < 1.29 is 9.53 Å². The molecule has 138 valence electrons. The summed E-state index contributed by atoms with van der Waals surface area (Å²) < 4.78 is 5.33. The second-order valence-electron chi connectivity index (χ2n) is 7.81. The first-order chi connectivity index (χ1) is 12.0. The van der Waals surface area contributed by atoms with Crippen LogP contribution in [0.1, 0.15) is 61.8 Å². The molecule has 25 heavy (non-hydrogen) atoms. The van der Waals surface area contributed by atoms with E-state index in [1.54, 1.807) is 19.4 Å². The van der Waals surface area contributed by atoms with Crippen LogP contribution in [0.3, 0.4) is 0 Å². The number of hydrogen-bond acceptors (Lipinski definition) is 5. The molecule has 1 aliphatic carbocycles. The van der Waals surface area contributed by atoms with Gasteiger partial charge in [0.1, 0.15) is 11.5 Å². The van der Waals surface area contributed by atoms with Crippen molar-refractivity contribution in [2.24, 2.45) is 0 Å². The highest BCUT2D eigenvalue weighted by atomic mass is 16.5. The molecule has 0 N–H and O–H groups in total. The normalized spacial score (nSPS) is 20.2. The average Bonchev–Trinajstić information content (AvgIpc) is 3.16. The first-order valence-electron chi connectivity index (χ1n) is 9.37. The highest BCUT2D eigenvalue weighted by molar-refractivity contribution is 5.92. The third-order valence-corrected chi connectivity index (χ3v) is 5.53. The van der Waals surface area contributed by atoms with Gasteiger partial charge in [-0.25, -0.2) is 9.97 Å². The van der Waals surface area contributed by atoms with Gasteiger partial charge in [-0.15, -0.1) is 0 Å². The summed E-state index contributed by atoms with van der Waals surface area (Å²) >= 11 is 0. The average molecular weight is 346 g/mol. The van der Waals surface area contributed by atoms with Crippen molar-refractivity contribution in [3.63, 3.8) is 0 Å². The largest absolute Gasteiger partial charge is 0.383 e. The first kappa shape index (κ1) is 18.3. The molecular formula is C19H30N4O2. The van der Waals surface area contributed by atoms with Crippen LogP contribution in [0.5, 0.6) is 0 Å². The van der Waals surface area contributed by atoms with E-state index in [1.165, 1.54) is 12.8 Å². The van der Waals surface area contributed by atoms with Crippen molar-refractivity contribution in [1.29, 1.82) is 0 Å². The van der Waals surface area contributed by atoms with Crippen LogP contribution >= 0.6 is 0 Å². The molecule has 0 radical (unpaired) electrons. The number of amides is 1. The Bertz CT molecular complexity index is 591. The van der Waals surface area contributed by atoms with Gasteiger partial charge in [-0.2, -0.15) is 0 Å². The number of carbonyl (C=O) groups excluding carboxylic acids is 1. The number of carbonyl (C=O) groups is 1. The zero-order valence-corrected chi connectivity index (χ0v) is 15.7. The summed E-state index contributed by atoms with van der Waals surface area (Å²) in [6.07, 6.45) is 6.51. The fourth-order valence-corrected chi connectivity index (χ4v) is 3.99. The number of rotatable bonds is 5. The van der Waals surface area contributed by atoms with Gasteiger partial charge in [-0.3, -0.25) is 9.69 Å². The van der Waals surface area contributed by atoms with Crippen LogP contribution < -0.4 is 0 Å². The molecule has 2 aliphatic rings. The Balaban J connectivity index is 1.62. The van der Waals surface area contributed by atoms with Crippen LogP contribution in [0.15, 0.2) is 12.3 Å². The fraction of sp³-hybridized carbons (Fsp3) is 0.737. The smallest absolute Gasteiger partial charge is 0.272 e. The highest BCUT2D eigenvalue weighted by Gasteiger charge is 2.32. The van der Waals surface area contributed by atoms with Crippen LogP contribution in [0.2, 0.25) is 0 Å². The van der Waals surface area contributed by atoms with Crippen LogP contribution in [0, 0.1) is 0 Å². The number of aromatic nitrogens is 2. The molecule has 1 amide bonds. The molecule has 1 aromatic rings. The third kappa shape index (κ3) is 4.18. The van der Waals surface area contributed by atoms with Crippen molar-refractivity contribution in [2.45, 2.75) is 51.0 Å². The second kappa shape index (κ2) is 7.79. The summed E-state index contributed by atoms with van der Waals surface area (Å²) in [5.74, 6) is 1.31. The van der Waals surface area contributed by atoms with Gasteiger partial charge in [0.05, 0.1) is 6.61 Å². The summed E-state index contributed by atoms with van der Waals surface area (Å²) in [6, 6.07) is 1.75. The van der Waals surface area contributed by atoms with Crippen molar-refractivity contribution >= 4 is 5.91 Å². The van der Waals surface area contributed by atoms with E-state index >= 15 is 0 Å². The lowest BCUT2D eigenvalue weighted by Gasteiger charge is -2.43. The maximum absolute atomic E-state index is 12.8. The molecule has 2 heterocycles. The van der Waals surface area contributed by atoms with Crippen molar-refractivity contribution in [2.75, 3.05) is 39.9 Å². The Morgan fingerprint density at radius 2 is 1.92 bits per heavy atom. The molecule has 6 heteroatoms. The Morgan fingerprint density at radius 3 is 2.56 bits per heavy atom. The topological polar surface area (TPSA) is 58.6 Å². The predicted octanol–water partition coefficient (Wildman–Crippen LogP) is 2.32. The van der Waals surface area contributed by atoms with Crippen molar-refractivity contribution in [3.05, 3.63) is 23.8 Å². The molecule has 0 unspecified atom stereocenters. The molecule has 0 bridgehead atoms. The summed E-state index contributed by atoms with van der Waals surface area (Å²) in [6.45, 7) is 8.25. The SMILES string of the molecule is COCC(C)(C)N1CCN(C(=O)c2ccnc(C3CCCC3)n2)CC1. The lowest BCUT2D eigenvalue weighted by Crippen LogP contribution is -2.57. The lowest BCUT2D eigenvalue weighted by atomic mass is 10.0. The van der Waals surface area contributed by atoms with Gasteiger partial charge in [0, 0.05) is 50.9 Å². The van der Waals surface area contributed by atoms with Gasteiger partial charge < -0.3 is 9.64 Å². The number of piperazine rings is 1. The molecule has 3 rings (SSSR count). The minimum Gasteiger partial charge on any atom is -0.383 e. The van der Waals surface area contributed by atoms with Crippen LogP contribution in [0.4, 0.5) is 0 Å². The standard InChI is InChI=1S/C19H30N4O2/c1-19(2,14-25-3)23-12-10-22(11-13-23)18(24)16-8-9-20-17(21-16)15-6-4-5-7-15/h8-9,15H,4-7,10-14H2,1-3H3. The van der Waals surface area contributed by atoms with Crippen molar-refractivity contribution in [3.8, 4) is 0 Å². The number of methoxy groups -OCH3 is 1. The Labute approximate surface area is 150 Å². The monoisotopic (exact) mass is 346 g/mol. The Kier molecular flexibility index (Phi) is 5.69. The van der Waals surface area contributed by atoms with E-state index in [4.69, 9.17) is 4.74 Å². The van der Waals surface area contributed by atoms with E-state index in [0.29, 0.717) is 18.2 Å². The van der Waals surface area contributed by atoms with Gasteiger partial charge >= 0.3 is 0 Å². The van der Waals surface area contributed by atoms with E-state index in [0.717, 1.165) is 44.8 Å². The van der Waals surface area contributed by atoms with Gasteiger partial charge in [0.25, 0.3) is 5.91 Å². The Morgan fingerprint density at radius 1 is 1.24 bits per heavy atom. The molecule has 1 saturated heterocycles. The van der Waals surface area contributed by atoms with Crippen LogP contribution in [0.25, 0.3) is 0 Å². The van der Waals surface area contributed by atoms with Crippen LogP contribution in [-0.2, 0) is 4.74 Å². The molecular weight excluding hydrogens is 316 g/mol. The van der Waals surface area contributed by atoms with E-state index in [1.807, 2.05) is 4.90 Å². The second-order valence-corrected chi connectivity index (χ2v) is 7.81. The minimum absolute atomic E-state index is 0.00551. The minimum atomic E-state index is -0.00551. The number of ether oxygens (including phenoxy) is 1. The van der Waals surface area contributed by atoms with E-state index < -0.39 is 0 Å². The van der Waals surface area contributed by atoms with Gasteiger partial charge in [-0.05, 0) is 32.8 Å². The van der Waals surface area contributed by atoms with E-state index in [9.17, 15) is 4.79 Å². The van der Waals surface area contributed by atoms with Crippen molar-refractivity contribution in [1.82, 2.24) is 19.8 Å². The lowest BCUT2D eigenvalue weighted by molar-refractivity contribution is 0.00356. The van der Waals surface area contributed by atoms with E-state index in [2.05, 4.69) is 28.7 Å². The summed E-state index contributed by atoms with van der Waals surface area (Å²) in [5, 5.41) is 0. The zero-order valence-electron chi connectivity index (χ0n) is 15.7. The molecule has 1 saturated carbocycles.